The van der Waals surface area contributed by atoms with Crippen LogP contribution in [0.3, 0.4) is 0 Å². The zero-order chi connectivity index (χ0) is 25.8. The van der Waals surface area contributed by atoms with Crippen LogP contribution in [0.15, 0.2) is 122 Å². The van der Waals surface area contributed by atoms with Gasteiger partial charge < -0.3 is 13.3 Å². The quantitative estimate of drug-likeness (QED) is 0.224. The monoisotopic (exact) mass is 526 g/mol. The van der Waals surface area contributed by atoms with E-state index in [9.17, 15) is 0 Å². The standard InChI is InChI=1S/C31H18N4O3S/c1-2-8-27-24(7-1)33-30(38-27)22-16-32-35(17-22)23-6-3-5-19(14-23)20-10-11-26-21(13-20)15-29(37-26)25-18-39-31(34-25)28-9-4-12-36-28/h1-18H. The largest absolute Gasteiger partial charge is 0.462 e. The van der Waals surface area contributed by atoms with Crippen LogP contribution in [0.2, 0.25) is 0 Å². The van der Waals surface area contributed by atoms with Gasteiger partial charge >= 0.3 is 0 Å². The van der Waals surface area contributed by atoms with E-state index in [0.29, 0.717) is 5.89 Å². The third kappa shape index (κ3) is 3.86. The molecule has 0 bridgehead atoms. The molecule has 5 heterocycles. The van der Waals surface area contributed by atoms with Crippen molar-refractivity contribution in [3.05, 3.63) is 109 Å². The van der Waals surface area contributed by atoms with Crippen molar-refractivity contribution in [2.24, 2.45) is 0 Å². The van der Waals surface area contributed by atoms with Crippen molar-refractivity contribution < 1.29 is 13.3 Å². The summed E-state index contributed by atoms with van der Waals surface area (Å²) in [6, 6.07) is 28.0. The van der Waals surface area contributed by atoms with E-state index in [0.717, 1.165) is 66.7 Å². The summed E-state index contributed by atoms with van der Waals surface area (Å²) in [5.74, 6) is 2.03. The predicted octanol–water partition coefficient (Wildman–Crippen LogP) is 8.48. The van der Waals surface area contributed by atoms with Gasteiger partial charge in [0.15, 0.2) is 22.1 Å². The van der Waals surface area contributed by atoms with Crippen LogP contribution in [-0.2, 0) is 0 Å². The lowest BCUT2D eigenvalue weighted by Crippen LogP contribution is -1.94. The summed E-state index contributed by atoms with van der Waals surface area (Å²) in [6.45, 7) is 0. The highest BCUT2D eigenvalue weighted by Crippen LogP contribution is 2.34. The van der Waals surface area contributed by atoms with Gasteiger partial charge in [-0.1, -0.05) is 30.3 Å². The van der Waals surface area contributed by atoms with Gasteiger partial charge in [-0.25, -0.2) is 14.6 Å². The number of benzene rings is 3. The number of aromatic nitrogens is 4. The lowest BCUT2D eigenvalue weighted by molar-refractivity contribution is 0.581. The number of oxazole rings is 1. The summed E-state index contributed by atoms with van der Waals surface area (Å²) in [5.41, 5.74) is 7.10. The van der Waals surface area contributed by atoms with Gasteiger partial charge in [0, 0.05) is 17.0 Å². The lowest BCUT2D eigenvalue weighted by Gasteiger charge is -2.06. The second-order valence-corrected chi connectivity index (χ2v) is 9.95. The number of thiazole rings is 1. The number of nitrogens with zero attached hydrogens (tertiary/aromatic N) is 4. The van der Waals surface area contributed by atoms with Gasteiger partial charge in [-0.05, 0) is 65.7 Å². The zero-order valence-corrected chi connectivity index (χ0v) is 21.1. The van der Waals surface area contributed by atoms with E-state index in [1.165, 1.54) is 11.3 Å². The van der Waals surface area contributed by atoms with E-state index in [4.69, 9.17) is 18.2 Å². The minimum absolute atomic E-state index is 0.552. The summed E-state index contributed by atoms with van der Waals surface area (Å²) >= 11 is 1.53. The first-order valence-corrected chi connectivity index (χ1v) is 13.2. The molecule has 0 aliphatic rings. The smallest absolute Gasteiger partial charge is 0.230 e. The number of rotatable bonds is 5. The van der Waals surface area contributed by atoms with Crippen LogP contribution in [0.4, 0.5) is 0 Å². The molecular weight excluding hydrogens is 508 g/mol. The molecular formula is C31H18N4O3S. The third-order valence-corrected chi connectivity index (χ3v) is 7.43. The highest BCUT2D eigenvalue weighted by atomic mass is 32.1. The topological polar surface area (TPSA) is 83.0 Å². The van der Waals surface area contributed by atoms with E-state index in [-0.39, 0.29) is 0 Å². The molecule has 39 heavy (non-hydrogen) atoms. The second kappa shape index (κ2) is 8.68. The maximum absolute atomic E-state index is 6.12. The van der Waals surface area contributed by atoms with Crippen LogP contribution in [-0.4, -0.2) is 19.7 Å². The summed E-state index contributed by atoms with van der Waals surface area (Å²) < 4.78 is 19.3. The molecule has 0 saturated carbocycles. The molecule has 8 aromatic rings. The molecule has 0 unspecified atom stereocenters. The maximum Gasteiger partial charge on any atom is 0.230 e. The van der Waals surface area contributed by atoms with E-state index in [1.807, 2.05) is 76.9 Å². The fourth-order valence-corrected chi connectivity index (χ4v) is 5.42. The van der Waals surface area contributed by atoms with E-state index in [2.05, 4.69) is 34.3 Å². The normalized spacial score (nSPS) is 11.6. The minimum atomic E-state index is 0.552. The molecule has 0 aliphatic heterocycles. The average Bonchev–Trinajstić information content (AvgIpc) is 3.79. The summed E-state index contributed by atoms with van der Waals surface area (Å²) in [6.07, 6.45) is 5.35. The molecule has 3 aromatic carbocycles. The number of furan rings is 2. The van der Waals surface area contributed by atoms with E-state index < -0.39 is 0 Å². The predicted molar refractivity (Wildman–Crippen MR) is 151 cm³/mol. The van der Waals surface area contributed by atoms with Crippen LogP contribution in [0.5, 0.6) is 0 Å². The molecule has 7 nitrogen and oxygen atoms in total. The zero-order valence-electron chi connectivity index (χ0n) is 20.3. The van der Waals surface area contributed by atoms with E-state index >= 15 is 0 Å². The molecule has 8 rings (SSSR count). The van der Waals surface area contributed by atoms with Crippen molar-refractivity contribution in [1.82, 2.24) is 19.7 Å². The Morgan fingerprint density at radius 1 is 0.718 bits per heavy atom. The second-order valence-electron chi connectivity index (χ2n) is 9.09. The van der Waals surface area contributed by atoms with Crippen molar-refractivity contribution in [2.75, 3.05) is 0 Å². The summed E-state index contributed by atoms with van der Waals surface area (Å²) in [7, 11) is 0. The van der Waals surface area contributed by atoms with Crippen LogP contribution >= 0.6 is 11.3 Å². The van der Waals surface area contributed by atoms with Crippen LogP contribution in [0.1, 0.15) is 0 Å². The van der Waals surface area contributed by atoms with Gasteiger partial charge in [-0.15, -0.1) is 11.3 Å². The molecule has 8 heteroatoms. The van der Waals surface area contributed by atoms with Crippen molar-refractivity contribution in [2.45, 2.75) is 0 Å². The molecule has 0 atom stereocenters. The Morgan fingerprint density at radius 2 is 1.67 bits per heavy atom. The van der Waals surface area contributed by atoms with Gasteiger partial charge in [0.2, 0.25) is 5.89 Å². The molecule has 0 spiro atoms. The Kier molecular flexibility index (Phi) is 4.86. The number of fused-ring (bicyclic) bond motifs is 2. The van der Waals surface area contributed by atoms with Gasteiger partial charge in [-0.2, -0.15) is 5.10 Å². The summed E-state index contributed by atoms with van der Waals surface area (Å²) in [5, 5.41) is 8.39. The lowest BCUT2D eigenvalue weighted by atomic mass is 10.0. The fourth-order valence-electron chi connectivity index (χ4n) is 4.65. The van der Waals surface area contributed by atoms with Crippen LogP contribution in [0, 0.1) is 0 Å². The van der Waals surface area contributed by atoms with E-state index in [1.54, 1.807) is 12.5 Å². The third-order valence-electron chi connectivity index (χ3n) is 6.57. The SMILES string of the molecule is c1cc(-c2ccc3oc(-c4csc(-c5ccco5)n4)cc3c2)cc(-n2cc(-c3nc4ccccc4o3)cn2)c1. The summed E-state index contributed by atoms with van der Waals surface area (Å²) in [4.78, 5) is 9.28. The van der Waals surface area contributed by atoms with Gasteiger partial charge in [0.25, 0.3) is 0 Å². The Balaban J connectivity index is 1.10. The minimum Gasteiger partial charge on any atom is -0.462 e. The average molecular weight is 527 g/mol. The first-order chi connectivity index (χ1) is 19.3. The molecule has 0 aliphatic carbocycles. The van der Waals surface area contributed by atoms with Crippen LogP contribution < -0.4 is 0 Å². The Bertz CT molecular complexity index is 2060. The Labute approximate surface area is 225 Å². The number of para-hydroxylation sites is 2. The molecule has 0 amide bonds. The molecule has 0 radical (unpaired) electrons. The van der Waals surface area contributed by atoms with Crippen molar-refractivity contribution >= 4 is 33.4 Å². The fraction of sp³-hybridized carbons (Fsp3) is 0. The highest BCUT2D eigenvalue weighted by Gasteiger charge is 2.14. The van der Waals surface area contributed by atoms with Crippen molar-refractivity contribution in [3.63, 3.8) is 0 Å². The molecule has 0 fully saturated rings. The highest BCUT2D eigenvalue weighted by molar-refractivity contribution is 7.13. The maximum atomic E-state index is 6.12. The molecule has 0 saturated heterocycles. The number of hydrogen-bond acceptors (Lipinski definition) is 7. The first-order valence-electron chi connectivity index (χ1n) is 12.3. The molecule has 186 valence electrons. The number of hydrogen-bond donors (Lipinski definition) is 0. The first kappa shape index (κ1) is 21.8. The van der Waals surface area contributed by atoms with Gasteiger partial charge in [0.1, 0.15) is 16.8 Å². The molecule has 0 N–H and O–H groups in total. The Morgan fingerprint density at radius 3 is 2.59 bits per heavy atom. The van der Waals surface area contributed by atoms with Gasteiger partial charge in [-0.3, -0.25) is 0 Å². The van der Waals surface area contributed by atoms with Crippen LogP contribution in [0.25, 0.3) is 72.6 Å². The molecule has 5 aromatic heterocycles. The Hall–Kier alpha value is -5.21. The van der Waals surface area contributed by atoms with Crippen molar-refractivity contribution in [1.29, 1.82) is 0 Å². The van der Waals surface area contributed by atoms with Gasteiger partial charge in [0.05, 0.1) is 23.7 Å². The van der Waals surface area contributed by atoms with Crippen molar-refractivity contribution in [3.8, 4) is 50.5 Å².